The van der Waals surface area contributed by atoms with Gasteiger partial charge in [0.15, 0.2) is 11.6 Å². The molecule has 1 aliphatic rings. The van der Waals surface area contributed by atoms with E-state index in [9.17, 15) is 4.39 Å². The fraction of sp³-hybridized carbons (Fsp3) is 0.714. The second-order valence-electron chi connectivity index (χ2n) is 5.53. The maximum Gasteiger partial charge on any atom is 0.224 e. The van der Waals surface area contributed by atoms with Crippen molar-refractivity contribution in [3.63, 3.8) is 0 Å². The Hall–Kier alpha value is -1.39. The molecule has 5 heteroatoms. The lowest BCUT2D eigenvalue weighted by Crippen LogP contribution is -2.31. The molecule has 1 heterocycles. The van der Waals surface area contributed by atoms with E-state index in [-0.39, 0.29) is 5.82 Å². The molecule has 1 aliphatic carbocycles. The predicted molar refractivity (Wildman–Crippen MR) is 75.7 cm³/mol. The van der Waals surface area contributed by atoms with Gasteiger partial charge in [-0.25, -0.2) is 9.37 Å². The van der Waals surface area contributed by atoms with Gasteiger partial charge in [-0.3, -0.25) is 0 Å². The lowest BCUT2D eigenvalue weighted by atomic mass is 9.79. The summed E-state index contributed by atoms with van der Waals surface area (Å²) in [6.07, 6.45) is 4.56. The fourth-order valence-corrected chi connectivity index (χ4v) is 2.58. The van der Waals surface area contributed by atoms with Crippen LogP contribution >= 0.6 is 0 Å². The Morgan fingerprint density at radius 3 is 2.79 bits per heavy atom. The molecule has 1 aromatic heterocycles. The topological polar surface area (TPSA) is 49.8 Å². The van der Waals surface area contributed by atoms with Crippen LogP contribution in [0.15, 0.2) is 6.20 Å². The molecule has 0 aromatic carbocycles. The van der Waals surface area contributed by atoms with Crippen molar-refractivity contribution in [1.82, 2.24) is 9.97 Å². The van der Waals surface area contributed by atoms with Crippen molar-refractivity contribution in [3.05, 3.63) is 12.0 Å². The van der Waals surface area contributed by atoms with Gasteiger partial charge in [0.1, 0.15) is 0 Å². The average molecular weight is 266 g/mol. The Balaban J connectivity index is 2.04. The second-order valence-corrected chi connectivity index (χ2v) is 5.53. The number of rotatable bonds is 4. The summed E-state index contributed by atoms with van der Waals surface area (Å²) in [6, 6.07) is 0.310. The van der Waals surface area contributed by atoms with Crippen molar-refractivity contribution in [2.75, 3.05) is 17.2 Å². The van der Waals surface area contributed by atoms with Crippen LogP contribution in [0.25, 0.3) is 0 Å². The minimum absolute atomic E-state index is 0.310. The standard InChI is InChI=1S/C14H23FN4/c1-4-16-14-17-8-12(15)13(19-14)18-11-6-5-9(2)10(3)7-11/h8-11H,4-7H2,1-3H3,(H2,16,17,18,19). The maximum absolute atomic E-state index is 13.7. The molecule has 1 fully saturated rings. The van der Waals surface area contributed by atoms with Crippen molar-refractivity contribution < 1.29 is 4.39 Å². The van der Waals surface area contributed by atoms with Gasteiger partial charge >= 0.3 is 0 Å². The number of hydrogen-bond acceptors (Lipinski definition) is 4. The van der Waals surface area contributed by atoms with Gasteiger partial charge in [-0.15, -0.1) is 0 Å². The van der Waals surface area contributed by atoms with Gasteiger partial charge in [-0.2, -0.15) is 4.98 Å². The molecule has 0 aliphatic heterocycles. The smallest absolute Gasteiger partial charge is 0.224 e. The lowest BCUT2D eigenvalue weighted by Gasteiger charge is -2.32. The third-order valence-electron chi connectivity index (χ3n) is 4.02. The number of anilines is 2. The van der Waals surface area contributed by atoms with Crippen LogP contribution in [0, 0.1) is 17.7 Å². The Morgan fingerprint density at radius 2 is 2.11 bits per heavy atom. The van der Waals surface area contributed by atoms with Gasteiger partial charge in [0.05, 0.1) is 6.20 Å². The van der Waals surface area contributed by atoms with E-state index in [2.05, 4.69) is 34.4 Å². The molecule has 0 bridgehead atoms. The lowest BCUT2D eigenvalue weighted by molar-refractivity contribution is 0.260. The van der Waals surface area contributed by atoms with Crippen LogP contribution in [0.2, 0.25) is 0 Å². The van der Waals surface area contributed by atoms with Gasteiger partial charge in [-0.1, -0.05) is 13.8 Å². The summed E-state index contributed by atoms with van der Waals surface area (Å²) in [7, 11) is 0. The molecule has 1 aromatic rings. The first-order chi connectivity index (χ1) is 9.10. The maximum atomic E-state index is 13.7. The van der Waals surface area contributed by atoms with Crippen LogP contribution in [-0.4, -0.2) is 22.6 Å². The zero-order valence-electron chi connectivity index (χ0n) is 11.9. The van der Waals surface area contributed by atoms with Crippen molar-refractivity contribution in [1.29, 1.82) is 0 Å². The van der Waals surface area contributed by atoms with E-state index in [0.717, 1.165) is 25.3 Å². The largest absolute Gasteiger partial charge is 0.365 e. The van der Waals surface area contributed by atoms with Crippen LogP contribution in [0.5, 0.6) is 0 Å². The molecule has 3 unspecified atom stereocenters. The minimum Gasteiger partial charge on any atom is -0.365 e. The van der Waals surface area contributed by atoms with Gasteiger partial charge < -0.3 is 10.6 Å². The highest BCUT2D eigenvalue weighted by atomic mass is 19.1. The highest BCUT2D eigenvalue weighted by Crippen LogP contribution is 2.31. The summed E-state index contributed by atoms with van der Waals surface area (Å²) >= 11 is 0. The Labute approximate surface area is 114 Å². The van der Waals surface area contributed by atoms with Gasteiger partial charge in [0, 0.05) is 12.6 Å². The van der Waals surface area contributed by atoms with Crippen LogP contribution in [-0.2, 0) is 0 Å². The van der Waals surface area contributed by atoms with Crippen molar-refractivity contribution in [2.45, 2.75) is 46.1 Å². The molecular weight excluding hydrogens is 243 g/mol. The van der Waals surface area contributed by atoms with E-state index in [1.54, 1.807) is 0 Å². The minimum atomic E-state index is -0.382. The number of nitrogens with zero attached hydrogens (tertiary/aromatic N) is 2. The Bertz CT molecular complexity index is 424. The van der Waals surface area contributed by atoms with E-state index in [1.807, 2.05) is 6.92 Å². The van der Waals surface area contributed by atoms with Gasteiger partial charge in [0.25, 0.3) is 0 Å². The van der Waals surface area contributed by atoms with Crippen molar-refractivity contribution in [2.24, 2.45) is 11.8 Å². The Morgan fingerprint density at radius 1 is 1.32 bits per heavy atom. The predicted octanol–water partition coefficient (Wildman–Crippen LogP) is 3.28. The second kappa shape index (κ2) is 6.17. The first-order valence-electron chi connectivity index (χ1n) is 7.13. The summed E-state index contributed by atoms with van der Waals surface area (Å²) in [4.78, 5) is 8.10. The fourth-order valence-electron chi connectivity index (χ4n) is 2.58. The molecule has 2 N–H and O–H groups in total. The molecular formula is C14H23FN4. The van der Waals surface area contributed by atoms with Crippen LogP contribution in [0.4, 0.5) is 16.2 Å². The first-order valence-corrected chi connectivity index (χ1v) is 7.13. The first kappa shape index (κ1) is 14.0. The zero-order chi connectivity index (χ0) is 13.8. The number of hydrogen-bond donors (Lipinski definition) is 2. The summed E-state index contributed by atoms with van der Waals surface area (Å²) < 4.78 is 13.7. The average Bonchev–Trinajstić information content (AvgIpc) is 2.38. The van der Waals surface area contributed by atoms with E-state index in [1.165, 1.54) is 12.6 Å². The van der Waals surface area contributed by atoms with Crippen molar-refractivity contribution in [3.8, 4) is 0 Å². The number of halogens is 1. The molecule has 4 nitrogen and oxygen atoms in total. The highest BCUT2D eigenvalue weighted by molar-refractivity contribution is 5.41. The molecule has 0 saturated heterocycles. The van der Waals surface area contributed by atoms with E-state index < -0.39 is 0 Å². The third-order valence-corrected chi connectivity index (χ3v) is 4.02. The molecule has 3 atom stereocenters. The molecule has 0 spiro atoms. The molecule has 0 amide bonds. The normalized spacial score (nSPS) is 27.1. The SMILES string of the molecule is CCNc1ncc(F)c(NC2CCC(C)C(C)C2)n1. The van der Waals surface area contributed by atoms with Gasteiger partial charge in [0.2, 0.25) is 5.95 Å². The van der Waals surface area contributed by atoms with Crippen LogP contribution < -0.4 is 10.6 Å². The van der Waals surface area contributed by atoms with Crippen molar-refractivity contribution >= 4 is 11.8 Å². The monoisotopic (exact) mass is 266 g/mol. The van der Waals surface area contributed by atoms with E-state index in [0.29, 0.717) is 23.7 Å². The summed E-state index contributed by atoms with van der Waals surface area (Å²) in [5.74, 6) is 1.84. The Kier molecular flexibility index (Phi) is 4.56. The molecule has 1 saturated carbocycles. The van der Waals surface area contributed by atoms with Crippen LogP contribution in [0.1, 0.15) is 40.0 Å². The third kappa shape index (κ3) is 3.55. The quantitative estimate of drug-likeness (QED) is 0.878. The number of aromatic nitrogens is 2. The number of nitrogens with one attached hydrogen (secondary N) is 2. The van der Waals surface area contributed by atoms with Crippen LogP contribution in [0.3, 0.4) is 0 Å². The molecule has 106 valence electrons. The summed E-state index contributed by atoms with van der Waals surface area (Å²) in [5.41, 5.74) is 0. The highest BCUT2D eigenvalue weighted by Gasteiger charge is 2.25. The van der Waals surface area contributed by atoms with Gasteiger partial charge in [-0.05, 0) is 38.0 Å². The van der Waals surface area contributed by atoms with E-state index >= 15 is 0 Å². The summed E-state index contributed by atoms with van der Waals surface area (Å²) in [6.45, 7) is 7.24. The molecule has 19 heavy (non-hydrogen) atoms. The molecule has 0 radical (unpaired) electrons. The molecule has 2 rings (SSSR count). The van der Waals surface area contributed by atoms with E-state index in [4.69, 9.17) is 0 Å². The zero-order valence-corrected chi connectivity index (χ0v) is 11.9. The summed E-state index contributed by atoms with van der Waals surface area (Å²) in [5, 5.41) is 6.23.